The SMILES string of the molecule is O=C(Nc1ccc(S)c(O)c1)OCc1ccccc1. The Hall–Kier alpha value is -2.14. The first-order valence-corrected chi connectivity index (χ1v) is 6.09. The highest BCUT2D eigenvalue weighted by Gasteiger charge is 2.05. The van der Waals surface area contributed by atoms with E-state index in [0.717, 1.165) is 5.56 Å². The van der Waals surface area contributed by atoms with E-state index in [1.807, 2.05) is 30.3 Å². The fraction of sp³-hybridized carbons (Fsp3) is 0.0714. The van der Waals surface area contributed by atoms with E-state index in [0.29, 0.717) is 10.6 Å². The van der Waals surface area contributed by atoms with Crippen molar-refractivity contribution in [1.29, 1.82) is 0 Å². The second-order valence-electron chi connectivity index (χ2n) is 3.89. The summed E-state index contributed by atoms with van der Waals surface area (Å²) >= 11 is 4.03. The monoisotopic (exact) mass is 275 g/mol. The van der Waals surface area contributed by atoms with Gasteiger partial charge in [0, 0.05) is 16.6 Å². The molecule has 0 aliphatic rings. The van der Waals surface area contributed by atoms with Crippen molar-refractivity contribution >= 4 is 24.4 Å². The predicted molar refractivity (Wildman–Crippen MR) is 75.6 cm³/mol. The molecule has 0 aliphatic heterocycles. The zero-order chi connectivity index (χ0) is 13.7. The van der Waals surface area contributed by atoms with E-state index in [4.69, 9.17) is 4.74 Å². The molecule has 2 aromatic carbocycles. The smallest absolute Gasteiger partial charge is 0.411 e. The number of thiol groups is 1. The van der Waals surface area contributed by atoms with E-state index in [2.05, 4.69) is 17.9 Å². The Morgan fingerprint density at radius 1 is 1.21 bits per heavy atom. The zero-order valence-electron chi connectivity index (χ0n) is 10.0. The number of anilines is 1. The first-order chi connectivity index (χ1) is 9.15. The summed E-state index contributed by atoms with van der Waals surface area (Å²) in [4.78, 5) is 12.0. The number of rotatable bonds is 3. The summed E-state index contributed by atoms with van der Waals surface area (Å²) in [6, 6.07) is 14.0. The molecule has 0 bridgehead atoms. The lowest BCUT2D eigenvalue weighted by Gasteiger charge is -2.08. The number of aromatic hydroxyl groups is 1. The van der Waals surface area contributed by atoms with Crippen LogP contribution < -0.4 is 5.32 Å². The second kappa shape index (κ2) is 6.15. The average molecular weight is 275 g/mol. The molecular weight excluding hydrogens is 262 g/mol. The van der Waals surface area contributed by atoms with Crippen LogP contribution in [-0.4, -0.2) is 11.2 Å². The van der Waals surface area contributed by atoms with Gasteiger partial charge in [0.05, 0.1) is 0 Å². The van der Waals surface area contributed by atoms with Crippen LogP contribution in [0, 0.1) is 0 Å². The van der Waals surface area contributed by atoms with Gasteiger partial charge in [-0.2, -0.15) is 0 Å². The van der Waals surface area contributed by atoms with Crippen molar-refractivity contribution < 1.29 is 14.6 Å². The number of hydrogen-bond donors (Lipinski definition) is 3. The normalized spacial score (nSPS) is 9.95. The minimum absolute atomic E-state index is 0.00388. The molecule has 0 aromatic heterocycles. The summed E-state index contributed by atoms with van der Waals surface area (Å²) in [6.07, 6.45) is -0.574. The standard InChI is InChI=1S/C14H13NO3S/c16-12-8-11(6-7-13(12)19)15-14(17)18-9-10-4-2-1-3-5-10/h1-8,16,19H,9H2,(H,15,17). The van der Waals surface area contributed by atoms with Crippen molar-refractivity contribution in [2.24, 2.45) is 0 Å². The third-order valence-electron chi connectivity index (χ3n) is 2.43. The minimum Gasteiger partial charge on any atom is -0.507 e. The van der Waals surface area contributed by atoms with Gasteiger partial charge in [-0.15, -0.1) is 12.6 Å². The molecule has 4 nitrogen and oxygen atoms in total. The van der Waals surface area contributed by atoms with Crippen LogP contribution in [0.4, 0.5) is 10.5 Å². The van der Waals surface area contributed by atoms with Crippen molar-refractivity contribution in [2.75, 3.05) is 5.32 Å². The molecular formula is C14H13NO3S. The molecule has 0 atom stereocenters. The van der Waals surface area contributed by atoms with Crippen LogP contribution in [0.5, 0.6) is 5.75 Å². The van der Waals surface area contributed by atoms with Gasteiger partial charge in [-0.25, -0.2) is 4.79 Å². The van der Waals surface area contributed by atoms with Gasteiger partial charge >= 0.3 is 6.09 Å². The number of nitrogens with one attached hydrogen (secondary N) is 1. The van der Waals surface area contributed by atoms with Crippen LogP contribution in [0.2, 0.25) is 0 Å². The predicted octanol–water partition coefficient (Wildman–Crippen LogP) is 3.43. The van der Waals surface area contributed by atoms with Gasteiger partial charge in [-0.1, -0.05) is 30.3 Å². The van der Waals surface area contributed by atoms with Crippen molar-refractivity contribution in [2.45, 2.75) is 11.5 Å². The largest absolute Gasteiger partial charge is 0.507 e. The van der Waals surface area contributed by atoms with Gasteiger partial charge < -0.3 is 9.84 Å². The maximum Gasteiger partial charge on any atom is 0.411 e. The number of phenolic OH excluding ortho intramolecular Hbond substituents is 1. The first-order valence-electron chi connectivity index (χ1n) is 5.65. The molecule has 98 valence electrons. The second-order valence-corrected chi connectivity index (χ2v) is 4.37. The van der Waals surface area contributed by atoms with Crippen molar-refractivity contribution in [3.8, 4) is 5.75 Å². The van der Waals surface area contributed by atoms with Crippen LogP contribution in [0.25, 0.3) is 0 Å². The zero-order valence-corrected chi connectivity index (χ0v) is 10.9. The molecule has 2 aromatic rings. The van der Waals surface area contributed by atoms with Crippen LogP contribution in [0.1, 0.15) is 5.56 Å². The highest BCUT2D eigenvalue weighted by Crippen LogP contribution is 2.24. The number of amides is 1. The van der Waals surface area contributed by atoms with E-state index < -0.39 is 6.09 Å². The van der Waals surface area contributed by atoms with Crippen LogP contribution in [0.15, 0.2) is 53.4 Å². The third kappa shape index (κ3) is 3.93. The fourth-order valence-corrected chi connectivity index (χ4v) is 1.62. The number of phenols is 1. The molecule has 5 heteroatoms. The summed E-state index contributed by atoms with van der Waals surface area (Å²) in [5, 5.41) is 12.0. The first kappa shape index (κ1) is 13.3. The van der Waals surface area contributed by atoms with Crippen LogP contribution in [-0.2, 0) is 11.3 Å². The molecule has 19 heavy (non-hydrogen) atoms. The van der Waals surface area contributed by atoms with E-state index >= 15 is 0 Å². The molecule has 2 rings (SSSR count). The number of ether oxygens (including phenoxy) is 1. The maximum absolute atomic E-state index is 11.5. The van der Waals surface area contributed by atoms with Gasteiger partial charge in [-0.05, 0) is 17.7 Å². The van der Waals surface area contributed by atoms with Crippen molar-refractivity contribution in [3.63, 3.8) is 0 Å². The minimum atomic E-state index is -0.574. The van der Waals surface area contributed by atoms with E-state index in [1.54, 1.807) is 12.1 Å². The molecule has 0 saturated carbocycles. The van der Waals surface area contributed by atoms with Gasteiger partial charge in [-0.3, -0.25) is 5.32 Å². The lowest BCUT2D eigenvalue weighted by molar-refractivity contribution is 0.155. The molecule has 1 amide bonds. The Morgan fingerprint density at radius 2 is 1.95 bits per heavy atom. The topological polar surface area (TPSA) is 58.6 Å². The molecule has 0 aliphatic carbocycles. The van der Waals surface area contributed by atoms with E-state index in [1.165, 1.54) is 6.07 Å². The molecule has 0 spiro atoms. The Kier molecular flexibility index (Phi) is 4.30. The summed E-state index contributed by atoms with van der Waals surface area (Å²) in [7, 11) is 0. The summed E-state index contributed by atoms with van der Waals surface area (Å²) in [6.45, 7) is 0.198. The highest BCUT2D eigenvalue weighted by atomic mass is 32.1. The van der Waals surface area contributed by atoms with Crippen LogP contribution >= 0.6 is 12.6 Å². The van der Waals surface area contributed by atoms with Gasteiger partial charge in [0.25, 0.3) is 0 Å². The Balaban J connectivity index is 1.89. The fourth-order valence-electron chi connectivity index (χ4n) is 1.48. The van der Waals surface area contributed by atoms with Crippen molar-refractivity contribution in [3.05, 3.63) is 54.1 Å². The lowest BCUT2D eigenvalue weighted by Crippen LogP contribution is -2.13. The van der Waals surface area contributed by atoms with Gasteiger partial charge in [0.1, 0.15) is 12.4 Å². The quantitative estimate of drug-likeness (QED) is 0.752. The molecule has 0 fully saturated rings. The maximum atomic E-state index is 11.5. The average Bonchev–Trinajstić information content (AvgIpc) is 2.42. The van der Waals surface area contributed by atoms with E-state index in [9.17, 15) is 9.90 Å². The third-order valence-corrected chi connectivity index (χ3v) is 2.81. The molecule has 0 saturated heterocycles. The molecule has 2 N–H and O–H groups in total. The Bertz CT molecular complexity index is 572. The number of carbonyl (C=O) groups excluding carboxylic acids is 1. The summed E-state index contributed by atoms with van der Waals surface area (Å²) < 4.78 is 5.05. The Morgan fingerprint density at radius 3 is 2.63 bits per heavy atom. The van der Waals surface area contributed by atoms with Crippen LogP contribution in [0.3, 0.4) is 0 Å². The van der Waals surface area contributed by atoms with Crippen molar-refractivity contribution in [1.82, 2.24) is 0 Å². The summed E-state index contributed by atoms with van der Waals surface area (Å²) in [5.74, 6) is 0.00388. The lowest BCUT2D eigenvalue weighted by atomic mass is 10.2. The summed E-state index contributed by atoms with van der Waals surface area (Å²) in [5.41, 5.74) is 1.36. The van der Waals surface area contributed by atoms with Gasteiger partial charge in [0.2, 0.25) is 0 Å². The van der Waals surface area contributed by atoms with E-state index in [-0.39, 0.29) is 12.4 Å². The molecule has 0 unspecified atom stereocenters. The molecule has 0 radical (unpaired) electrons. The number of benzene rings is 2. The highest BCUT2D eigenvalue weighted by molar-refractivity contribution is 7.80. The number of hydrogen-bond acceptors (Lipinski definition) is 4. The Labute approximate surface area is 116 Å². The van der Waals surface area contributed by atoms with Gasteiger partial charge in [0.15, 0.2) is 0 Å². The number of carbonyl (C=O) groups is 1. The molecule has 0 heterocycles.